The van der Waals surface area contributed by atoms with E-state index < -0.39 is 53.4 Å². The van der Waals surface area contributed by atoms with E-state index in [0.717, 1.165) is 39.5 Å². The molecule has 0 spiro atoms. The van der Waals surface area contributed by atoms with Crippen molar-refractivity contribution in [2.45, 2.75) is 19.1 Å². The highest BCUT2D eigenvalue weighted by Crippen LogP contribution is 2.29. The van der Waals surface area contributed by atoms with Crippen LogP contribution < -0.4 is 5.32 Å². The lowest BCUT2D eigenvalue weighted by Gasteiger charge is -2.27. The van der Waals surface area contributed by atoms with Crippen molar-refractivity contribution in [1.82, 2.24) is 5.32 Å². The summed E-state index contributed by atoms with van der Waals surface area (Å²) in [7, 11) is 3.03. The molecule has 0 aliphatic rings. The van der Waals surface area contributed by atoms with Gasteiger partial charge in [0.25, 0.3) is 5.91 Å². The van der Waals surface area contributed by atoms with Crippen LogP contribution in [0.3, 0.4) is 0 Å². The molecular weight excluding hydrogens is 399 g/mol. The average Bonchev–Trinajstić information content (AvgIpc) is 2.70. The minimum absolute atomic E-state index is 0.381. The van der Waals surface area contributed by atoms with Crippen LogP contribution in [-0.2, 0) is 34.8 Å². The van der Waals surface area contributed by atoms with Crippen molar-refractivity contribution < 1.29 is 46.6 Å². The van der Waals surface area contributed by atoms with E-state index >= 15 is 0 Å². The molecule has 0 radical (unpaired) electrons. The molecule has 0 aromatic heterocycles. The quantitative estimate of drug-likeness (QED) is 0.406. The number of alkyl halides is 3. The number of esters is 3. The van der Waals surface area contributed by atoms with Crippen LogP contribution in [-0.4, -0.2) is 51.2 Å². The fourth-order valence-electron chi connectivity index (χ4n) is 2.57. The third-order valence-electron chi connectivity index (χ3n) is 4.16. The third-order valence-corrected chi connectivity index (χ3v) is 4.16. The van der Waals surface area contributed by atoms with Crippen molar-refractivity contribution in [3.8, 4) is 0 Å². The van der Waals surface area contributed by atoms with Crippen LogP contribution in [0.25, 0.3) is 0 Å². The number of rotatable bonds is 7. The van der Waals surface area contributed by atoms with Gasteiger partial charge in [0.2, 0.25) is 0 Å². The molecule has 160 valence electrons. The highest BCUT2D eigenvalue weighted by molar-refractivity contribution is 5.99. The van der Waals surface area contributed by atoms with Crippen molar-refractivity contribution in [2.75, 3.05) is 21.3 Å². The lowest BCUT2D eigenvalue weighted by atomic mass is 9.87. The number of benzene rings is 1. The van der Waals surface area contributed by atoms with Crippen molar-refractivity contribution in [1.29, 1.82) is 0 Å². The predicted molar refractivity (Wildman–Crippen MR) is 91.4 cm³/mol. The molecule has 11 heteroatoms. The second kappa shape index (κ2) is 9.89. The number of carbonyl (C=O) groups is 4. The molecule has 0 fully saturated rings. The summed E-state index contributed by atoms with van der Waals surface area (Å²) in [6.45, 7) is 1.28. The highest BCUT2D eigenvalue weighted by atomic mass is 19.4. The molecule has 1 amide bonds. The number of nitrogens with one attached hydrogen (secondary N) is 1. The lowest BCUT2D eigenvalue weighted by molar-refractivity contribution is -0.163. The summed E-state index contributed by atoms with van der Waals surface area (Å²) >= 11 is 0. The first-order chi connectivity index (χ1) is 13.5. The smallest absolute Gasteiger partial charge is 0.416 e. The normalized spacial score (nSPS) is 13.2. The largest absolute Gasteiger partial charge is 0.468 e. The molecule has 1 aromatic carbocycles. The SMILES string of the molecule is COC(=O)C(C(=O)OC)[C@H](C)[C@H](NC(=O)c1cccc(C(F)(F)F)c1)C(=O)OC. The number of halogens is 3. The Labute approximate surface area is 164 Å². The zero-order valence-corrected chi connectivity index (χ0v) is 16.0. The summed E-state index contributed by atoms with van der Waals surface area (Å²) in [5.41, 5.74) is -1.44. The molecule has 0 bridgehead atoms. The second-order valence-corrected chi connectivity index (χ2v) is 5.94. The Morgan fingerprint density at radius 3 is 1.90 bits per heavy atom. The lowest BCUT2D eigenvalue weighted by Crippen LogP contribution is -2.51. The molecule has 0 aliphatic heterocycles. The van der Waals surface area contributed by atoms with Gasteiger partial charge >= 0.3 is 24.1 Å². The summed E-state index contributed by atoms with van der Waals surface area (Å²) in [5.74, 6) is -6.88. The van der Waals surface area contributed by atoms with E-state index in [1.165, 1.54) is 6.92 Å². The number of hydrogen-bond donors (Lipinski definition) is 1. The van der Waals surface area contributed by atoms with E-state index in [1.54, 1.807) is 0 Å². The Kier molecular flexibility index (Phi) is 8.16. The van der Waals surface area contributed by atoms with E-state index in [1.807, 2.05) is 0 Å². The molecule has 1 rings (SSSR count). The number of ether oxygens (including phenoxy) is 3. The van der Waals surface area contributed by atoms with Crippen molar-refractivity contribution in [3.05, 3.63) is 35.4 Å². The zero-order valence-electron chi connectivity index (χ0n) is 16.0. The van der Waals surface area contributed by atoms with Crippen LogP contribution in [0.2, 0.25) is 0 Å². The second-order valence-electron chi connectivity index (χ2n) is 5.94. The Morgan fingerprint density at radius 1 is 0.931 bits per heavy atom. The molecule has 29 heavy (non-hydrogen) atoms. The summed E-state index contributed by atoms with van der Waals surface area (Å²) in [6, 6.07) is 1.97. The third kappa shape index (κ3) is 5.93. The standard InChI is InChI=1S/C18H20F3NO7/c1-9(12(15(24)27-2)16(25)28-3)13(17(26)29-4)22-14(23)10-6-5-7-11(8-10)18(19,20)21/h5-9,12-13H,1-4H3,(H,22,23)/t9-,13-/m0/s1. The van der Waals surface area contributed by atoms with Crippen LogP contribution >= 0.6 is 0 Å². The Hall–Kier alpha value is -3.11. The Bertz CT molecular complexity index is 763. The van der Waals surface area contributed by atoms with Crippen molar-refractivity contribution in [3.63, 3.8) is 0 Å². The van der Waals surface area contributed by atoms with Gasteiger partial charge in [-0.3, -0.25) is 14.4 Å². The summed E-state index contributed by atoms with van der Waals surface area (Å²) in [5, 5.41) is 2.20. The van der Waals surface area contributed by atoms with E-state index in [2.05, 4.69) is 19.5 Å². The van der Waals surface area contributed by atoms with Gasteiger partial charge in [0.15, 0.2) is 5.92 Å². The monoisotopic (exact) mass is 419 g/mol. The van der Waals surface area contributed by atoms with Crippen LogP contribution in [0, 0.1) is 11.8 Å². The van der Waals surface area contributed by atoms with Gasteiger partial charge in [-0.15, -0.1) is 0 Å². The topological polar surface area (TPSA) is 108 Å². The maximum atomic E-state index is 12.9. The minimum Gasteiger partial charge on any atom is -0.468 e. The molecule has 0 unspecified atom stereocenters. The van der Waals surface area contributed by atoms with Crippen LogP contribution in [0.15, 0.2) is 24.3 Å². The highest BCUT2D eigenvalue weighted by Gasteiger charge is 2.42. The van der Waals surface area contributed by atoms with Gasteiger partial charge in [0, 0.05) is 11.5 Å². The van der Waals surface area contributed by atoms with Gasteiger partial charge in [-0.1, -0.05) is 13.0 Å². The van der Waals surface area contributed by atoms with Gasteiger partial charge in [0.05, 0.1) is 26.9 Å². The molecule has 2 atom stereocenters. The van der Waals surface area contributed by atoms with Crippen LogP contribution in [0.5, 0.6) is 0 Å². The van der Waals surface area contributed by atoms with Crippen LogP contribution in [0.4, 0.5) is 13.2 Å². The summed E-state index contributed by atoms with van der Waals surface area (Å²) in [4.78, 5) is 48.5. The molecule has 0 aliphatic carbocycles. The molecule has 0 heterocycles. The van der Waals surface area contributed by atoms with E-state index in [9.17, 15) is 32.3 Å². The fourth-order valence-corrected chi connectivity index (χ4v) is 2.57. The van der Waals surface area contributed by atoms with E-state index in [0.29, 0.717) is 6.07 Å². The number of amides is 1. The Morgan fingerprint density at radius 2 is 1.45 bits per heavy atom. The Balaban J connectivity index is 3.22. The number of hydrogen-bond acceptors (Lipinski definition) is 7. The first-order valence-electron chi connectivity index (χ1n) is 8.19. The molecule has 1 N–H and O–H groups in total. The molecule has 1 aromatic rings. The summed E-state index contributed by atoms with van der Waals surface area (Å²) < 4.78 is 52.2. The first kappa shape index (κ1) is 23.9. The van der Waals surface area contributed by atoms with Gasteiger partial charge < -0.3 is 19.5 Å². The molecule has 0 saturated heterocycles. The minimum atomic E-state index is -4.67. The van der Waals surface area contributed by atoms with Gasteiger partial charge in [-0.25, -0.2) is 4.79 Å². The van der Waals surface area contributed by atoms with Crippen LogP contribution in [0.1, 0.15) is 22.8 Å². The molecule has 8 nitrogen and oxygen atoms in total. The summed E-state index contributed by atoms with van der Waals surface area (Å²) in [6.07, 6.45) is -4.67. The number of carbonyl (C=O) groups excluding carboxylic acids is 4. The maximum absolute atomic E-state index is 12.9. The van der Waals surface area contributed by atoms with Crippen molar-refractivity contribution in [2.24, 2.45) is 11.8 Å². The van der Waals surface area contributed by atoms with E-state index in [4.69, 9.17) is 0 Å². The maximum Gasteiger partial charge on any atom is 0.416 e. The van der Waals surface area contributed by atoms with Gasteiger partial charge in [-0.2, -0.15) is 13.2 Å². The molecular formula is C18H20F3NO7. The van der Waals surface area contributed by atoms with Gasteiger partial charge in [0.1, 0.15) is 6.04 Å². The van der Waals surface area contributed by atoms with E-state index in [-0.39, 0.29) is 5.56 Å². The predicted octanol–water partition coefficient (Wildman–Crippen LogP) is 1.58. The number of methoxy groups -OCH3 is 3. The van der Waals surface area contributed by atoms with Crippen molar-refractivity contribution >= 4 is 23.8 Å². The molecule has 0 saturated carbocycles. The average molecular weight is 419 g/mol. The fraction of sp³-hybridized carbons (Fsp3) is 0.444. The first-order valence-corrected chi connectivity index (χ1v) is 8.19. The zero-order chi connectivity index (χ0) is 22.4. The van der Waals surface area contributed by atoms with Gasteiger partial charge in [-0.05, 0) is 18.2 Å².